The Hall–Kier alpha value is -2.47. The molecule has 0 aliphatic carbocycles. The van der Waals surface area contributed by atoms with Crippen LogP contribution >= 0.6 is 11.6 Å². The van der Waals surface area contributed by atoms with Gasteiger partial charge in [0.05, 0.1) is 24.5 Å². The van der Waals surface area contributed by atoms with Gasteiger partial charge in [0.15, 0.2) is 5.82 Å². The number of aromatic nitrogens is 4. The number of hydrogen-bond donors (Lipinski definition) is 1. The maximum atomic E-state index is 5.91. The average molecular weight is 288 g/mol. The van der Waals surface area contributed by atoms with Crippen molar-refractivity contribution in [3.05, 3.63) is 41.9 Å². The third-order valence-corrected chi connectivity index (χ3v) is 2.87. The van der Waals surface area contributed by atoms with E-state index in [0.29, 0.717) is 27.9 Å². The van der Waals surface area contributed by atoms with Crippen molar-refractivity contribution in [2.45, 2.75) is 0 Å². The van der Waals surface area contributed by atoms with Gasteiger partial charge in [0, 0.05) is 6.07 Å². The second-order valence-electron chi connectivity index (χ2n) is 3.94. The van der Waals surface area contributed by atoms with Gasteiger partial charge < -0.3 is 10.1 Å². The molecule has 0 bridgehead atoms. The molecule has 0 aliphatic heterocycles. The topological polar surface area (TPSA) is 72.8 Å². The second kappa shape index (κ2) is 5.26. The number of pyridine rings is 2. The van der Waals surface area contributed by atoms with E-state index in [1.165, 1.54) is 6.33 Å². The number of anilines is 2. The van der Waals surface area contributed by atoms with E-state index in [-0.39, 0.29) is 0 Å². The van der Waals surface area contributed by atoms with Crippen molar-refractivity contribution < 1.29 is 4.74 Å². The summed E-state index contributed by atoms with van der Waals surface area (Å²) in [6.45, 7) is 0. The molecule has 20 heavy (non-hydrogen) atoms. The van der Waals surface area contributed by atoms with E-state index in [1.54, 1.807) is 31.5 Å². The Kier molecular flexibility index (Phi) is 3.30. The molecule has 3 aromatic heterocycles. The zero-order valence-corrected chi connectivity index (χ0v) is 11.3. The maximum Gasteiger partial charge on any atom is 0.213 e. The van der Waals surface area contributed by atoms with E-state index in [0.717, 1.165) is 5.69 Å². The Morgan fingerprint density at radius 2 is 2.00 bits per heavy atom. The van der Waals surface area contributed by atoms with Crippen molar-refractivity contribution >= 4 is 34.1 Å². The molecule has 0 amide bonds. The first-order valence-electron chi connectivity index (χ1n) is 5.80. The van der Waals surface area contributed by atoms with E-state index in [9.17, 15) is 0 Å². The lowest BCUT2D eigenvalue weighted by atomic mass is 10.3. The largest absolute Gasteiger partial charge is 0.481 e. The Bertz CT molecular complexity index is 747. The number of nitrogens with zero attached hydrogens (tertiary/aromatic N) is 4. The van der Waals surface area contributed by atoms with E-state index >= 15 is 0 Å². The summed E-state index contributed by atoms with van der Waals surface area (Å²) in [6.07, 6.45) is 3.12. The van der Waals surface area contributed by atoms with Crippen LogP contribution < -0.4 is 10.1 Å². The Balaban J connectivity index is 1.99. The molecule has 100 valence electrons. The molecule has 0 aromatic carbocycles. The zero-order chi connectivity index (χ0) is 13.9. The van der Waals surface area contributed by atoms with Gasteiger partial charge in [-0.15, -0.1) is 0 Å². The summed E-state index contributed by atoms with van der Waals surface area (Å²) in [5.74, 6) is 1.12. The quantitative estimate of drug-likeness (QED) is 0.747. The third-order valence-electron chi connectivity index (χ3n) is 2.66. The van der Waals surface area contributed by atoms with E-state index < -0.39 is 0 Å². The standard InChI is InChI=1S/C13H10ClN5O/c1-20-11-5-2-8(6-15-11)18-13-12-9(16-7-17-13)3-4-10(14)19-12/h2-7H,1H3,(H,16,17,18). The lowest BCUT2D eigenvalue weighted by Crippen LogP contribution is -1.98. The summed E-state index contributed by atoms with van der Waals surface area (Å²) >= 11 is 5.91. The van der Waals surface area contributed by atoms with Crippen molar-refractivity contribution in [2.75, 3.05) is 12.4 Å². The molecule has 1 N–H and O–H groups in total. The highest BCUT2D eigenvalue weighted by Crippen LogP contribution is 2.23. The Labute approximate surface area is 119 Å². The number of methoxy groups -OCH3 is 1. The van der Waals surface area contributed by atoms with Crippen LogP contribution in [0.15, 0.2) is 36.8 Å². The monoisotopic (exact) mass is 287 g/mol. The van der Waals surface area contributed by atoms with Crippen LogP contribution in [-0.4, -0.2) is 27.0 Å². The molecule has 0 saturated carbocycles. The number of fused-ring (bicyclic) bond motifs is 1. The summed E-state index contributed by atoms with van der Waals surface area (Å²) in [5, 5.41) is 3.53. The third kappa shape index (κ3) is 2.46. The minimum Gasteiger partial charge on any atom is -0.481 e. The minimum atomic E-state index is 0.392. The van der Waals surface area contributed by atoms with Gasteiger partial charge in [-0.2, -0.15) is 0 Å². The van der Waals surface area contributed by atoms with Crippen LogP contribution in [-0.2, 0) is 0 Å². The van der Waals surface area contributed by atoms with Gasteiger partial charge in [0.2, 0.25) is 5.88 Å². The lowest BCUT2D eigenvalue weighted by molar-refractivity contribution is 0.398. The van der Waals surface area contributed by atoms with Crippen molar-refractivity contribution in [3.63, 3.8) is 0 Å². The van der Waals surface area contributed by atoms with Gasteiger partial charge in [-0.3, -0.25) is 0 Å². The van der Waals surface area contributed by atoms with Crippen LogP contribution in [0.4, 0.5) is 11.5 Å². The molecular weight excluding hydrogens is 278 g/mol. The van der Waals surface area contributed by atoms with Crippen LogP contribution in [0.3, 0.4) is 0 Å². The molecule has 3 heterocycles. The van der Waals surface area contributed by atoms with Gasteiger partial charge in [0.25, 0.3) is 0 Å². The van der Waals surface area contributed by atoms with Gasteiger partial charge >= 0.3 is 0 Å². The highest BCUT2D eigenvalue weighted by Gasteiger charge is 2.06. The molecule has 3 aromatic rings. The predicted octanol–water partition coefficient (Wildman–Crippen LogP) is 2.83. The first-order valence-corrected chi connectivity index (χ1v) is 6.18. The number of hydrogen-bond acceptors (Lipinski definition) is 6. The van der Waals surface area contributed by atoms with Crippen LogP contribution in [0.2, 0.25) is 5.15 Å². The minimum absolute atomic E-state index is 0.392. The average Bonchev–Trinajstić information content (AvgIpc) is 2.49. The molecule has 0 unspecified atom stereocenters. The summed E-state index contributed by atoms with van der Waals surface area (Å²) in [4.78, 5) is 16.7. The first kappa shape index (κ1) is 12.6. The summed E-state index contributed by atoms with van der Waals surface area (Å²) in [7, 11) is 1.57. The van der Waals surface area contributed by atoms with Crippen LogP contribution in [0.25, 0.3) is 11.0 Å². The van der Waals surface area contributed by atoms with Crippen LogP contribution in [0.1, 0.15) is 0 Å². The molecule has 0 atom stereocenters. The summed E-state index contributed by atoms with van der Waals surface area (Å²) in [6, 6.07) is 7.08. The summed E-state index contributed by atoms with van der Waals surface area (Å²) in [5.41, 5.74) is 2.09. The highest BCUT2D eigenvalue weighted by molar-refractivity contribution is 6.29. The normalized spacial score (nSPS) is 10.5. The SMILES string of the molecule is COc1ccc(Nc2ncnc3ccc(Cl)nc23)cn1. The maximum absolute atomic E-state index is 5.91. The molecule has 3 rings (SSSR count). The smallest absolute Gasteiger partial charge is 0.213 e. The Morgan fingerprint density at radius 3 is 2.75 bits per heavy atom. The van der Waals surface area contributed by atoms with Crippen molar-refractivity contribution in [1.82, 2.24) is 19.9 Å². The molecule has 0 spiro atoms. The van der Waals surface area contributed by atoms with Gasteiger partial charge in [-0.25, -0.2) is 19.9 Å². The molecule has 7 heteroatoms. The van der Waals surface area contributed by atoms with Gasteiger partial charge in [-0.05, 0) is 18.2 Å². The van der Waals surface area contributed by atoms with Crippen molar-refractivity contribution in [2.24, 2.45) is 0 Å². The fourth-order valence-corrected chi connectivity index (χ4v) is 1.87. The molecule has 0 aliphatic rings. The molecular formula is C13H10ClN5O. The number of halogens is 1. The fraction of sp³-hybridized carbons (Fsp3) is 0.0769. The number of rotatable bonds is 3. The van der Waals surface area contributed by atoms with E-state index in [4.69, 9.17) is 16.3 Å². The number of ether oxygens (including phenoxy) is 1. The van der Waals surface area contributed by atoms with Crippen LogP contribution in [0.5, 0.6) is 5.88 Å². The van der Waals surface area contributed by atoms with Gasteiger partial charge in [-0.1, -0.05) is 11.6 Å². The molecule has 6 nitrogen and oxygen atoms in total. The first-order chi connectivity index (χ1) is 9.76. The molecule has 0 fully saturated rings. The van der Waals surface area contributed by atoms with E-state index in [1.807, 2.05) is 6.07 Å². The van der Waals surface area contributed by atoms with Gasteiger partial charge in [0.1, 0.15) is 17.0 Å². The molecule has 0 saturated heterocycles. The highest BCUT2D eigenvalue weighted by atomic mass is 35.5. The van der Waals surface area contributed by atoms with Crippen molar-refractivity contribution in [1.29, 1.82) is 0 Å². The van der Waals surface area contributed by atoms with Crippen molar-refractivity contribution in [3.8, 4) is 5.88 Å². The summed E-state index contributed by atoms with van der Waals surface area (Å²) < 4.78 is 5.01. The lowest BCUT2D eigenvalue weighted by Gasteiger charge is -2.07. The Morgan fingerprint density at radius 1 is 1.10 bits per heavy atom. The zero-order valence-electron chi connectivity index (χ0n) is 10.5. The van der Waals surface area contributed by atoms with Crippen LogP contribution in [0, 0.1) is 0 Å². The van der Waals surface area contributed by atoms with E-state index in [2.05, 4.69) is 25.3 Å². The molecule has 0 radical (unpaired) electrons. The fourth-order valence-electron chi connectivity index (χ4n) is 1.72. The number of nitrogens with one attached hydrogen (secondary N) is 1. The second-order valence-corrected chi connectivity index (χ2v) is 4.33. The predicted molar refractivity (Wildman–Crippen MR) is 76.4 cm³/mol.